The number of rotatable bonds is 4. The van der Waals surface area contributed by atoms with Crippen LogP contribution in [0, 0.1) is 6.92 Å². The predicted molar refractivity (Wildman–Crippen MR) is 117 cm³/mol. The number of aromatic nitrogens is 2. The molecule has 0 bridgehead atoms. The summed E-state index contributed by atoms with van der Waals surface area (Å²) in [4.78, 5) is 19.7. The summed E-state index contributed by atoms with van der Waals surface area (Å²) in [6.07, 6.45) is 2.68. The maximum Gasteiger partial charge on any atom is 0.263 e. The number of nitrogens with zero attached hydrogens (tertiary/aromatic N) is 2. The van der Waals surface area contributed by atoms with Crippen LogP contribution in [0.3, 0.4) is 0 Å². The molecule has 0 atom stereocenters. The highest BCUT2D eigenvalue weighted by atomic mass is 79.9. The molecule has 5 heteroatoms. The van der Waals surface area contributed by atoms with E-state index in [1.807, 2.05) is 24.3 Å². The van der Waals surface area contributed by atoms with Crippen LogP contribution in [0.4, 0.5) is 0 Å². The van der Waals surface area contributed by atoms with E-state index < -0.39 is 0 Å². The number of hydrogen-bond donors (Lipinski definition) is 0. The number of benzene rings is 2. The van der Waals surface area contributed by atoms with Gasteiger partial charge in [0.2, 0.25) is 0 Å². The van der Waals surface area contributed by atoms with E-state index in [1.54, 1.807) is 22.2 Å². The molecule has 4 aromatic rings. The topological polar surface area (TPSA) is 34.9 Å². The van der Waals surface area contributed by atoms with E-state index in [9.17, 15) is 4.79 Å². The second-order valence-electron chi connectivity index (χ2n) is 6.57. The number of hydrogen-bond acceptors (Lipinski definition) is 3. The molecule has 0 N–H and O–H groups in total. The van der Waals surface area contributed by atoms with Gasteiger partial charge in [-0.05, 0) is 42.2 Å². The van der Waals surface area contributed by atoms with Crippen molar-refractivity contribution < 1.29 is 0 Å². The SMILES string of the molecule is CCc1ccc(Cn2cnc3sc(C)c(-c4ccc(Br)cc4)c3c2=O)cc1. The van der Waals surface area contributed by atoms with Crippen molar-refractivity contribution in [1.29, 1.82) is 0 Å². The summed E-state index contributed by atoms with van der Waals surface area (Å²) in [5.74, 6) is 0. The molecule has 0 amide bonds. The number of thiophene rings is 1. The molecule has 27 heavy (non-hydrogen) atoms. The molecule has 0 fully saturated rings. The van der Waals surface area contributed by atoms with Crippen LogP contribution in [-0.4, -0.2) is 9.55 Å². The van der Waals surface area contributed by atoms with Crippen molar-refractivity contribution in [3.8, 4) is 11.1 Å². The number of aryl methyl sites for hydroxylation is 2. The average molecular weight is 439 g/mol. The molecule has 0 spiro atoms. The summed E-state index contributed by atoms with van der Waals surface area (Å²) in [7, 11) is 0. The fourth-order valence-corrected chi connectivity index (χ4v) is 4.56. The van der Waals surface area contributed by atoms with E-state index in [2.05, 4.69) is 59.0 Å². The normalized spacial score (nSPS) is 11.2. The molecule has 0 saturated carbocycles. The standard InChI is InChI=1S/C22H19BrN2OS/c1-3-15-4-6-16(7-5-15)12-25-13-24-21-20(22(25)26)19(14(2)27-21)17-8-10-18(23)11-9-17/h4-11,13H,3,12H2,1-2H3. The summed E-state index contributed by atoms with van der Waals surface area (Å²) in [6.45, 7) is 4.72. The van der Waals surface area contributed by atoms with E-state index in [0.29, 0.717) is 11.9 Å². The Hall–Kier alpha value is -2.24. The predicted octanol–water partition coefficient (Wildman–Crippen LogP) is 5.81. The van der Waals surface area contributed by atoms with Crippen molar-refractivity contribution in [3.63, 3.8) is 0 Å². The van der Waals surface area contributed by atoms with Crippen LogP contribution < -0.4 is 5.56 Å². The second-order valence-corrected chi connectivity index (χ2v) is 8.69. The summed E-state index contributed by atoms with van der Waals surface area (Å²) in [6, 6.07) is 16.5. The Labute approximate surface area is 170 Å². The minimum atomic E-state index is 0.0156. The smallest absolute Gasteiger partial charge is 0.263 e. The lowest BCUT2D eigenvalue weighted by Gasteiger charge is -2.08. The molecular formula is C22H19BrN2OS. The van der Waals surface area contributed by atoms with E-state index in [4.69, 9.17) is 0 Å². The zero-order chi connectivity index (χ0) is 19.0. The maximum absolute atomic E-state index is 13.3. The molecule has 3 nitrogen and oxygen atoms in total. The van der Waals surface area contributed by atoms with Gasteiger partial charge in [-0.15, -0.1) is 11.3 Å². The first-order chi connectivity index (χ1) is 13.1. The van der Waals surface area contributed by atoms with Crippen LogP contribution in [0.25, 0.3) is 21.3 Å². The number of fused-ring (bicyclic) bond motifs is 1. The third-order valence-corrected chi connectivity index (χ3v) is 6.31. The van der Waals surface area contributed by atoms with Gasteiger partial charge in [-0.3, -0.25) is 9.36 Å². The van der Waals surface area contributed by atoms with E-state index in [-0.39, 0.29) is 5.56 Å². The lowest BCUT2D eigenvalue weighted by Crippen LogP contribution is -2.21. The molecule has 0 aliphatic heterocycles. The molecule has 2 aromatic heterocycles. The zero-order valence-corrected chi connectivity index (χ0v) is 17.6. The lowest BCUT2D eigenvalue weighted by atomic mass is 10.0. The van der Waals surface area contributed by atoms with Crippen LogP contribution in [0.2, 0.25) is 0 Å². The van der Waals surface area contributed by atoms with E-state index in [0.717, 1.165) is 37.3 Å². The van der Waals surface area contributed by atoms with Crippen molar-refractivity contribution in [2.24, 2.45) is 0 Å². The molecule has 0 saturated heterocycles. The third-order valence-electron chi connectivity index (χ3n) is 4.77. The Balaban J connectivity index is 1.82. The molecular weight excluding hydrogens is 420 g/mol. The van der Waals surface area contributed by atoms with Crippen molar-refractivity contribution in [1.82, 2.24) is 9.55 Å². The fourth-order valence-electron chi connectivity index (χ4n) is 3.29. The molecule has 0 radical (unpaired) electrons. The molecule has 0 aliphatic rings. The minimum absolute atomic E-state index is 0.0156. The first-order valence-electron chi connectivity index (χ1n) is 8.89. The van der Waals surface area contributed by atoms with Gasteiger partial charge in [-0.2, -0.15) is 0 Å². The van der Waals surface area contributed by atoms with E-state index in [1.165, 1.54) is 5.56 Å². The summed E-state index contributed by atoms with van der Waals surface area (Å²) >= 11 is 5.05. The monoisotopic (exact) mass is 438 g/mol. The molecule has 0 aliphatic carbocycles. The Morgan fingerprint density at radius 2 is 1.70 bits per heavy atom. The van der Waals surface area contributed by atoms with Gasteiger partial charge in [0, 0.05) is 14.9 Å². The van der Waals surface area contributed by atoms with Gasteiger partial charge in [0.1, 0.15) is 4.83 Å². The van der Waals surface area contributed by atoms with Gasteiger partial charge in [-0.25, -0.2) is 4.98 Å². The van der Waals surface area contributed by atoms with Gasteiger partial charge in [0.05, 0.1) is 18.3 Å². The quantitative estimate of drug-likeness (QED) is 0.403. The molecule has 2 aromatic carbocycles. The molecule has 4 rings (SSSR count). The van der Waals surface area contributed by atoms with Crippen molar-refractivity contribution >= 4 is 37.5 Å². The van der Waals surface area contributed by atoms with Crippen molar-refractivity contribution in [2.75, 3.05) is 0 Å². The zero-order valence-electron chi connectivity index (χ0n) is 15.2. The first kappa shape index (κ1) is 18.1. The highest BCUT2D eigenvalue weighted by Gasteiger charge is 2.17. The largest absolute Gasteiger partial charge is 0.294 e. The van der Waals surface area contributed by atoms with Gasteiger partial charge >= 0.3 is 0 Å². The van der Waals surface area contributed by atoms with Crippen molar-refractivity contribution in [2.45, 2.75) is 26.8 Å². The Morgan fingerprint density at radius 3 is 2.37 bits per heavy atom. The Bertz CT molecular complexity index is 1160. The third kappa shape index (κ3) is 3.49. The first-order valence-corrected chi connectivity index (χ1v) is 10.5. The van der Waals surface area contributed by atoms with Crippen LogP contribution in [0.5, 0.6) is 0 Å². The van der Waals surface area contributed by atoms with Crippen molar-refractivity contribution in [3.05, 3.63) is 85.7 Å². The Kier molecular flexibility index (Phi) is 4.98. The summed E-state index contributed by atoms with van der Waals surface area (Å²) < 4.78 is 2.73. The van der Waals surface area contributed by atoms with Crippen LogP contribution >= 0.6 is 27.3 Å². The minimum Gasteiger partial charge on any atom is -0.294 e. The summed E-state index contributed by atoms with van der Waals surface area (Å²) in [5.41, 5.74) is 4.46. The number of halogens is 1. The van der Waals surface area contributed by atoms with Gasteiger partial charge in [-0.1, -0.05) is 59.3 Å². The maximum atomic E-state index is 13.3. The molecule has 2 heterocycles. The second kappa shape index (κ2) is 7.41. The summed E-state index contributed by atoms with van der Waals surface area (Å²) in [5, 5.41) is 0.715. The highest BCUT2D eigenvalue weighted by Crippen LogP contribution is 2.35. The van der Waals surface area contributed by atoms with Gasteiger partial charge in [0.15, 0.2) is 0 Å². The van der Waals surface area contributed by atoms with E-state index >= 15 is 0 Å². The van der Waals surface area contributed by atoms with Gasteiger partial charge < -0.3 is 0 Å². The molecule has 0 unspecified atom stereocenters. The van der Waals surface area contributed by atoms with Crippen LogP contribution in [-0.2, 0) is 13.0 Å². The van der Waals surface area contributed by atoms with Crippen LogP contribution in [0.15, 0.2) is 64.1 Å². The lowest BCUT2D eigenvalue weighted by molar-refractivity contribution is 0.749. The average Bonchev–Trinajstić information content (AvgIpc) is 3.02. The Morgan fingerprint density at radius 1 is 1.04 bits per heavy atom. The highest BCUT2D eigenvalue weighted by molar-refractivity contribution is 9.10. The fraction of sp³-hybridized carbons (Fsp3) is 0.182. The molecule has 136 valence electrons. The van der Waals surface area contributed by atoms with Crippen LogP contribution in [0.1, 0.15) is 22.9 Å². The van der Waals surface area contributed by atoms with Gasteiger partial charge in [0.25, 0.3) is 5.56 Å².